The number of hydrogen-bond donors (Lipinski definition) is 5. The molecule has 0 unspecified atom stereocenters. The molecule has 0 bridgehead atoms. The Kier molecular flexibility index (Phi) is 4.64. The van der Waals surface area contributed by atoms with E-state index >= 15 is 0 Å². The van der Waals surface area contributed by atoms with E-state index in [1.165, 1.54) is 0 Å². The molecule has 6 heteroatoms. The number of para-hydroxylation sites is 1. The molecule has 0 aliphatic rings. The average molecular weight is 316 g/mol. The predicted molar refractivity (Wildman–Crippen MR) is 89.3 cm³/mol. The number of nitrogens with one attached hydrogen (secondary N) is 2. The van der Waals surface area contributed by atoms with Crippen molar-refractivity contribution >= 4 is 17.4 Å². The summed E-state index contributed by atoms with van der Waals surface area (Å²) < 4.78 is 0. The molecule has 2 aromatic rings. The Morgan fingerprint density at radius 3 is 2.22 bits per heavy atom. The van der Waals surface area contributed by atoms with Crippen LogP contribution in [0.25, 0.3) is 0 Å². The van der Waals surface area contributed by atoms with Crippen molar-refractivity contribution in [2.45, 2.75) is 26.7 Å². The number of aromatic hydroxyl groups is 3. The first-order valence-electron chi connectivity index (χ1n) is 7.22. The summed E-state index contributed by atoms with van der Waals surface area (Å²) in [5.74, 6) is -1.41. The fourth-order valence-electron chi connectivity index (χ4n) is 2.29. The quantitative estimate of drug-likeness (QED) is 0.438. The topological polar surface area (TPSA) is 102 Å². The molecular formula is C17H20N2O4. The number of benzene rings is 2. The third-order valence-electron chi connectivity index (χ3n) is 3.49. The van der Waals surface area contributed by atoms with Gasteiger partial charge in [-0.15, -0.1) is 0 Å². The standard InChI is InChI=1S/C17H20N2O4/c1-9(2)12-6-4-5-10(3)15(12)19-17(23)18-11-7-13(20)16(22)14(21)8-11/h4-9,20-22H,1-3H3,(H2,18,19,23). The minimum Gasteiger partial charge on any atom is -0.504 e. The lowest BCUT2D eigenvalue weighted by atomic mass is 9.98. The van der Waals surface area contributed by atoms with Crippen LogP contribution in [0.1, 0.15) is 30.9 Å². The van der Waals surface area contributed by atoms with Gasteiger partial charge < -0.3 is 26.0 Å². The molecular weight excluding hydrogens is 296 g/mol. The van der Waals surface area contributed by atoms with Gasteiger partial charge in [0.05, 0.1) is 5.69 Å². The van der Waals surface area contributed by atoms with Gasteiger partial charge in [-0.25, -0.2) is 4.79 Å². The van der Waals surface area contributed by atoms with Crippen LogP contribution in [0.2, 0.25) is 0 Å². The third-order valence-corrected chi connectivity index (χ3v) is 3.49. The zero-order valence-electron chi connectivity index (χ0n) is 13.2. The number of anilines is 2. The maximum atomic E-state index is 12.2. The number of phenolic OH excluding ortho intramolecular Hbond substituents is 3. The van der Waals surface area contributed by atoms with E-state index in [2.05, 4.69) is 10.6 Å². The highest BCUT2D eigenvalue weighted by Gasteiger charge is 2.14. The van der Waals surface area contributed by atoms with Gasteiger partial charge in [0.15, 0.2) is 17.2 Å². The van der Waals surface area contributed by atoms with E-state index in [1.54, 1.807) is 0 Å². The van der Waals surface area contributed by atoms with Crippen LogP contribution in [0.15, 0.2) is 30.3 Å². The first-order chi connectivity index (χ1) is 10.8. The number of phenols is 3. The number of amides is 2. The lowest BCUT2D eigenvalue weighted by molar-refractivity contribution is 0.262. The van der Waals surface area contributed by atoms with E-state index in [9.17, 15) is 20.1 Å². The van der Waals surface area contributed by atoms with Gasteiger partial charge in [-0.2, -0.15) is 0 Å². The Labute approximate surface area is 134 Å². The van der Waals surface area contributed by atoms with Gasteiger partial charge in [-0.1, -0.05) is 32.0 Å². The Balaban J connectivity index is 2.21. The van der Waals surface area contributed by atoms with E-state index in [1.807, 2.05) is 39.0 Å². The molecule has 122 valence electrons. The second-order valence-corrected chi connectivity index (χ2v) is 5.64. The zero-order valence-corrected chi connectivity index (χ0v) is 13.2. The number of carbonyl (C=O) groups excluding carboxylic acids is 1. The summed E-state index contributed by atoms with van der Waals surface area (Å²) >= 11 is 0. The average Bonchev–Trinajstić information content (AvgIpc) is 2.46. The highest BCUT2D eigenvalue weighted by molar-refractivity contribution is 6.01. The molecule has 23 heavy (non-hydrogen) atoms. The van der Waals surface area contributed by atoms with Crippen molar-refractivity contribution in [3.63, 3.8) is 0 Å². The highest BCUT2D eigenvalue weighted by atomic mass is 16.3. The molecule has 0 saturated carbocycles. The molecule has 0 saturated heterocycles. The molecule has 0 radical (unpaired) electrons. The van der Waals surface area contributed by atoms with Crippen LogP contribution in [0.4, 0.5) is 16.2 Å². The SMILES string of the molecule is Cc1cccc(C(C)C)c1NC(=O)Nc1cc(O)c(O)c(O)c1. The molecule has 5 N–H and O–H groups in total. The summed E-state index contributed by atoms with van der Waals surface area (Å²) in [6, 6.07) is 7.58. The number of urea groups is 1. The second-order valence-electron chi connectivity index (χ2n) is 5.64. The molecule has 0 aliphatic carbocycles. The second kappa shape index (κ2) is 6.48. The van der Waals surface area contributed by atoms with Crippen molar-refractivity contribution in [2.75, 3.05) is 10.6 Å². The Morgan fingerprint density at radius 1 is 1.04 bits per heavy atom. The monoisotopic (exact) mass is 316 g/mol. The molecule has 0 aromatic heterocycles. The fraction of sp³-hybridized carbons (Fsp3) is 0.235. The molecule has 2 aromatic carbocycles. The smallest absolute Gasteiger partial charge is 0.323 e. The molecule has 0 heterocycles. The third kappa shape index (κ3) is 3.66. The molecule has 0 fully saturated rings. The van der Waals surface area contributed by atoms with Crippen LogP contribution in [0.3, 0.4) is 0 Å². The predicted octanol–water partition coefficient (Wildman–Crippen LogP) is 3.88. The molecule has 0 atom stereocenters. The van der Waals surface area contributed by atoms with Gasteiger partial charge in [-0.3, -0.25) is 0 Å². The number of hydrogen-bond acceptors (Lipinski definition) is 4. The summed E-state index contributed by atoms with van der Waals surface area (Å²) in [5.41, 5.74) is 2.83. The molecule has 2 amide bonds. The number of aryl methyl sites for hydroxylation is 1. The van der Waals surface area contributed by atoms with Crippen LogP contribution >= 0.6 is 0 Å². The van der Waals surface area contributed by atoms with Crippen molar-refractivity contribution in [1.82, 2.24) is 0 Å². The maximum absolute atomic E-state index is 12.2. The van der Waals surface area contributed by atoms with Gasteiger partial charge in [0.1, 0.15) is 0 Å². The first kappa shape index (κ1) is 16.5. The lowest BCUT2D eigenvalue weighted by Gasteiger charge is -2.17. The normalized spacial score (nSPS) is 10.6. The van der Waals surface area contributed by atoms with Crippen molar-refractivity contribution in [3.05, 3.63) is 41.5 Å². The largest absolute Gasteiger partial charge is 0.504 e. The van der Waals surface area contributed by atoms with Crippen molar-refractivity contribution in [2.24, 2.45) is 0 Å². The first-order valence-corrected chi connectivity index (χ1v) is 7.22. The van der Waals surface area contributed by atoms with E-state index in [0.29, 0.717) is 0 Å². The maximum Gasteiger partial charge on any atom is 0.323 e. The van der Waals surface area contributed by atoms with E-state index in [4.69, 9.17) is 0 Å². The van der Waals surface area contributed by atoms with E-state index in [-0.39, 0.29) is 11.6 Å². The van der Waals surface area contributed by atoms with E-state index in [0.717, 1.165) is 28.9 Å². The molecule has 2 rings (SSSR count). The summed E-state index contributed by atoms with van der Waals surface area (Å²) in [4.78, 5) is 12.2. The zero-order chi connectivity index (χ0) is 17.1. The van der Waals surface area contributed by atoms with Crippen LogP contribution in [0.5, 0.6) is 17.2 Å². The van der Waals surface area contributed by atoms with Gasteiger partial charge in [0, 0.05) is 17.8 Å². The van der Waals surface area contributed by atoms with Gasteiger partial charge in [0.2, 0.25) is 0 Å². The van der Waals surface area contributed by atoms with Gasteiger partial charge >= 0.3 is 6.03 Å². The summed E-state index contributed by atoms with van der Waals surface area (Å²) in [7, 11) is 0. The summed E-state index contributed by atoms with van der Waals surface area (Å²) in [6.07, 6.45) is 0. The minimum absolute atomic E-state index is 0.162. The Bertz CT molecular complexity index is 718. The fourth-order valence-corrected chi connectivity index (χ4v) is 2.29. The van der Waals surface area contributed by atoms with Crippen LogP contribution in [-0.4, -0.2) is 21.4 Å². The molecule has 0 aliphatic heterocycles. The summed E-state index contributed by atoms with van der Waals surface area (Å²) in [5, 5.41) is 33.5. The summed E-state index contributed by atoms with van der Waals surface area (Å²) in [6.45, 7) is 5.97. The molecule has 0 spiro atoms. The van der Waals surface area contributed by atoms with Crippen molar-refractivity contribution in [1.29, 1.82) is 0 Å². The van der Waals surface area contributed by atoms with Crippen molar-refractivity contribution < 1.29 is 20.1 Å². The van der Waals surface area contributed by atoms with E-state index < -0.39 is 23.3 Å². The number of carbonyl (C=O) groups is 1. The molecule has 6 nitrogen and oxygen atoms in total. The van der Waals surface area contributed by atoms with Crippen LogP contribution in [-0.2, 0) is 0 Å². The Hall–Kier alpha value is -2.89. The highest BCUT2D eigenvalue weighted by Crippen LogP contribution is 2.37. The van der Waals surface area contributed by atoms with Crippen LogP contribution < -0.4 is 10.6 Å². The Morgan fingerprint density at radius 2 is 1.65 bits per heavy atom. The van der Waals surface area contributed by atoms with Gasteiger partial charge in [-0.05, 0) is 24.0 Å². The van der Waals surface area contributed by atoms with Crippen molar-refractivity contribution in [3.8, 4) is 17.2 Å². The number of rotatable bonds is 3. The lowest BCUT2D eigenvalue weighted by Crippen LogP contribution is -2.21. The minimum atomic E-state index is -0.628. The van der Waals surface area contributed by atoms with Gasteiger partial charge in [0.25, 0.3) is 0 Å². The van der Waals surface area contributed by atoms with Crippen LogP contribution in [0, 0.1) is 6.92 Å².